The zero-order valence-corrected chi connectivity index (χ0v) is 14.5. The van der Waals surface area contributed by atoms with E-state index < -0.39 is 0 Å². The average Bonchev–Trinajstić information content (AvgIpc) is 2.96. The smallest absolute Gasteiger partial charge is 0.275 e. The minimum absolute atomic E-state index is 0.0359. The molecular weight excluding hydrogens is 316 g/mol. The van der Waals surface area contributed by atoms with E-state index in [1.807, 2.05) is 49.1 Å². The Balaban J connectivity index is 0.000000880. The number of carbonyl (C=O) groups excluding carboxylic acids is 1. The zero-order valence-electron chi connectivity index (χ0n) is 14.5. The molecule has 4 rings (SSSR count). The lowest BCUT2D eigenvalue weighted by Gasteiger charge is -2.20. The van der Waals surface area contributed by atoms with Crippen LogP contribution in [-0.4, -0.2) is 31.9 Å². The third kappa shape index (κ3) is 3.20. The highest BCUT2D eigenvalue weighted by Gasteiger charge is 2.26. The summed E-state index contributed by atoms with van der Waals surface area (Å²) in [5.74, 6) is -0.0359. The maximum Gasteiger partial charge on any atom is 0.275 e. The van der Waals surface area contributed by atoms with Gasteiger partial charge in [-0.2, -0.15) is 5.10 Å². The molecule has 25 heavy (non-hydrogen) atoms. The highest BCUT2D eigenvalue weighted by Crippen LogP contribution is 2.23. The molecule has 0 saturated carbocycles. The zero-order chi connectivity index (χ0) is 17.8. The van der Waals surface area contributed by atoms with Gasteiger partial charge in [-0.3, -0.25) is 9.59 Å². The van der Waals surface area contributed by atoms with Crippen molar-refractivity contribution >= 4 is 11.4 Å². The standard InChI is InChI=1S/C17H16N4O2.C2H6/c22-16-15-13-7-4-8-20(9-12-5-2-1-3-6-12)17(23)14(13)10-21(15)19-11-18-16;1-2/h1-3,5-6,10-11H,4,7-9H2,(H,18,19,22);1-2H3. The Morgan fingerprint density at radius 3 is 2.68 bits per heavy atom. The van der Waals surface area contributed by atoms with Gasteiger partial charge < -0.3 is 9.88 Å². The molecule has 130 valence electrons. The van der Waals surface area contributed by atoms with E-state index in [-0.39, 0.29) is 11.5 Å². The number of amides is 1. The molecule has 0 atom stereocenters. The molecule has 0 bridgehead atoms. The Labute approximate surface area is 146 Å². The van der Waals surface area contributed by atoms with Crippen LogP contribution in [0.25, 0.3) is 5.52 Å². The molecule has 1 N–H and O–H groups in total. The number of carbonyl (C=O) groups is 1. The first-order chi connectivity index (χ1) is 12.2. The van der Waals surface area contributed by atoms with Crippen LogP contribution in [0.5, 0.6) is 0 Å². The summed E-state index contributed by atoms with van der Waals surface area (Å²) in [6.45, 7) is 5.27. The molecule has 1 aliphatic heterocycles. The van der Waals surface area contributed by atoms with Crippen molar-refractivity contribution in [1.82, 2.24) is 19.5 Å². The van der Waals surface area contributed by atoms with Crippen LogP contribution in [-0.2, 0) is 13.0 Å². The van der Waals surface area contributed by atoms with Gasteiger partial charge in [-0.15, -0.1) is 0 Å². The first-order valence-corrected chi connectivity index (χ1v) is 8.65. The number of aryl methyl sites for hydroxylation is 1. The lowest BCUT2D eigenvalue weighted by Crippen LogP contribution is -2.30. The first-order valence-electron chi connectivity index (χ1n) is 8.65. The topological polar surface area (TPSA) is 70.5 Å². The van der Waals surface area contributed by atoms with Gasteiger partial charge in [0.05, 0.1) is 5.56 Å². The molecule has 0 unspecified atom stereocenters. The molecule has 1 aliphatic rings. The van der Waals surface area contributed by atoms with Crippen molar-refractivity contribution in [3.05, 3.63) is 69.9 Å². The van der Waals surface area contributed by atoms with Gasteiger partial charge >= 0.3 is 0 Å². The van der Waals surface area contributed by atoms with Crippen molar-refractivity contribution in [2.24, 2.45) is 0 Å². The fourth-order valence-corrected chi connectivity index (χ4v) is 3.19. The van der Waals surface area contributed by atoms with E-state index in [9.17, 15) is 9.59 Å². The van der Waals surface area contributed by atoms with Gasteiger partial charge in [-0.05, 0) is 24.0 Å². The molecule has 6 nitrogen and oxygen atoms in total. The normalized spacial score (nSPS) is 13.8. The molecule has 0 spiro atoms. The van der Waals surface area contributed by atoms with Crippen LogP contribution in [0.3, 0.4) is 0 Å². The predicted octanol–water partition coefficient (Wildman–Crippen LogP) is 2.64. The molecule has 6 heteroatoms. The van der Waals surface area contributed by atoms with Gasteiger partial charge in [0.2, 0.25) is 0 Å². The first kappa shape index (κ1) is 17.0. The number of H-pyrrole nitrogens is 1. The molecule has 3 heterocycles. The van der Waals surface area contributed by atoms with Gasteiger partial charge in [0.1, 0.15) is 11.8 Å². The SMILES string of the molecule is CC.O=C1c2cn3nc[nH]c(=O)c3c2CCCN1Cc1ccccc1. The van der Waals surface area contributed by atoms with Crippen LogP contribution in [0.4, 0.5) is 0 Å². The second kappa shape index (κ2) is 7.34. The Bertz CT molecular complexity index is 927. The van der Waals surface area contributed by atoms with E-state index >= 15 is 0 Å². The maximum absolute atomic E-state index is 12.9. The van der Waals surface area contributed by atoms with E-state index in [4.69, 9.17) is 0 Å². The van der Waals surface area contributed by atoms with Gasteiger partial charge in [-0.1, -0.05) is 44.2 Å². The second-order valence-electron chi connectivity index (χ2n) is 5.75. The monoisotopic (exact) mass is 338 g/mol. The van der Waals surface area contributed by atoms with E-state index in [0.717, 1.165) is 17.5 Å². The number of rotatable bonds is 2. The van der Waals surface area contributed by atoms with Crippen LogP contribution >= 0.6 is 0 Å². The van der Waals surface area contributed by atoms with Crippen molar-refractivity contribution in [1.29, 1.82) is 0 Å². The van der Waals surface area contributed by atoms with Gasteiger partial charge in [0.25, 0.3) is 11.5 Å². The average molecular weight is 338 g/mol. The number of fused-ring (bicyclic) bond motifs is 3. The Kier molecular flexibility index (Phi) is 4.97. The second-order valence-corrected chi connectivity index (χ2v) is 5.75. The summed E-state index contributed by atoms with van der Waals surface area (Å²) in [6.07, 6.45) is 4.56. The molecule has 1 aromatic carbocycles. The third-order valence-electron chi connectivity index (χ3n) is 4.27. The molecule has 2 aromatic heterocycles. The molecule has 0 fully saturated rings. The van der Waals surface area contributed by atoms with E-state index in [2.05, 4.69) is 10.1 Å². The van der Waals surface area contributed by atoms with Crippen molar-refractivity contribution < 1.29 is 4.79 Å². The molecule has 0 saturated heterocycles. The third-order valence-corrected chi connectivity index (χ3v) is 4.27. The summed E-state index contributed by atoms with van der Waals surface area (Å²) in [6, 6.07) is 9.94. The van der Waals surface area contributed by atoms with Crippen molar-refractivity contribution in [3.8, 4) is 0 Å². The Morgan fingerprint density at radius 1 is 1.16 bits per heavy atom. The summed E-state index contributed by atoms with van der Waals surface area (Å²) >= 11 is 0. The summed E-state index contributed by atoms with van der Waals surface area (Å²) in [5, 5.41) is 4.11. The summed E-state index contributed by atoms with van der Waals surface area (Å²) < 4.78 is 1.51. The number of nitrogens with zero attached hydrogens (tertiary/aromatic N) is 3. The van der Waals surface area contributed by atoms with E-state index in [1.165, 1.54) is 10.8 Å². The van der Waals surface area contributed by atoms with Gasteiger partial charge in [0, 0.05) is 19.3 Å². The summed E-state index contributed by atoms with van der Waals surface area (Å²) in [7, 11) is 0. The number of benzene rings is 1. The predicted molar refractivity (Wildman–Crippen MR) is 96.7 cm³/mol. The molecular formula is C19H22N4O2. The number of hydrogen-bond acceptors (Lipinski definition) is 3. The van der Waals surface area contributed by atoms with Crippen molar-refractivity contribution in [2.45, 2.75) is 33.2 Å². The minimum atomic E-state index is -0.203. The number of aromatic nitrogens is 3. The molecule has 1 amide bonds. The highest BCUT2D eigenvalue weighted by molar-refractivity contribution is 5.98. The number of hydrogen-bond donors (Lipinski definition) is 1. The number of aromatic amines is 1. The van der Waals surface area contributed by atoms with Crippen LogP contribution in [0.15, 0.2) is 47.7 Å². The Morgan fingerprint density at radius 2 is 1.92 bits per heavy atom. The summed E-state index contributed by atoms with van der Waals surface area (Å²) in [5.41, 5.74) is 2.77. The number of nitrogens with one attached hydrogen (secondary N) is 1. The largest absolute Gasteiger partial charge is 0.334 e. The minimum Gasteiger partial charge on any atom is -0.334 e. The van der Waals surface area contributed by atoms with Gasteiger partial charge in [0.15, 0.2) is 0 Å². The van der Waals surface area contributed by atoms with Gasteiger partial charge in [-0.25, -0.2) is 4.52 Å². The molecule has 3 aromatic rings. The summed E-state index contributed by atoms with van der Waals surface area (Å²) in [4.78, 5) is 29.4. The fraction of sp³-hybridized carbons (Fsp3) is 0.316. The molecule has 0 aliphatic carbocycles. The lowest BCUT2D eigenvalue weighted by molar-refractivity contribution is 0.0748. The lowest BCUT2D eigenvalue weighted by atomic mass is 10.1. The van der Waals surface area contributed by atoms with E-state index in [1.54, 1.807) is 6.20 Å². The quantitative estimate of drug-likeness (QED) is 0.781. The van der Waals surface area contributed by atoms with Crippen LogP contribution in [0, 0.1) is 0 Å². The fourth-order valence-electron chi connectivity index (χ4n) is 3.19. The van der Waals surface area contributed by atoms with E-state index in [0.29, 0.717) is 30.6 Å². The van der Waals surface area contributed by atoms with Crippen molar-refractivity contribution in [2.75, 3.05) is 6.54 Å². The maximum atomic E-state index is 12.9. The van der Waals surface area contributed by atoms with Crippen LogP contribution in [0.2, 0.25) is 0 Å². The molecule has 0 radical (unpaired) electrons. The van der Waals surface area contributed by atoms with Crippen molar-refractivity contribution in [3.63, 3.8) is 0 Å². The Hall–Kier alpha value is -2.89. The highest BCUT2D eigenvalue weighted by atomic mass is 16.2. The van der Waals surface area contributed by atoms with Crippen LogP contribution in [0.1, 0.15) is 41.8 Å². The van der Waals surface area contributed by atoms with Crippen LogP contribution < -0.4 is 5.56 Å².